The van der Waals surface area contributed by atoms with Crippen molar-refractivity contribution in [3.63, 3.8) is 0 Å². The van der Waals surface area contributed by atoms with Gasteiger partial charge >= 0.3 is 0 Å². The van der Waals surface area contributed by atoms with Crippen molar-refractivity contribution < 1.29 is 9.21 Å². The zero-order valence-corrected chi connectivity index (χ0v) is 18.1. The summed E-state index contributed by atoms with van der Waals surface area (Å²) in [5.41, 5.74) is 1.42. The Morgan fingerprint density at radius 2 is 2.07 bits per heavy atom. The molecule has 1 amide bonds. The molecule has 0 spiro atoms. The van der Waals surface area contributed by atoms with Crippen LogP contribution in [0.1, 0.15) is 35.3 Å². The molecule has 0 aliphatic rings. The van der Waals surface area contributed by atoms with Gasteiger partial charge < -0.3 is 9.73 Å². The first-order valence-electron chi connectivity index (χ1n) is 9.66. The monoisotopic (exact) mass is 439 g/mol. The summed E-state index contributed by atoms with van der Waals surface area (Å²) < 4.78 is 7.51. The lowest BCUT2D eigenvalue weighted by molar-refractivity contribution is 0.0948. The second kappa shape index (κ2) is 9.73. The topological polar surface area (TPSA) is 85.8 Å². The highest BCUT2D eigenvalue weighted by molar-refractivity contribution is 7.98. The third-order valence-electron chi connectivity index (χ3n) is 4.31. The highest BCUT2D eigenvalue weighted by atomic mass is 32.2. The molecule has 0 aliphatic heterocycles. The number of carbonyl (C=O) groups is 1. The number of aromatic nitrogens is 4. The summed E-state index contributed by atoms with van der Waals surface area (Å²) >= 11 is 3.00. The maximum atomic E-state index is 12.2. The van der Waals surface area contributed by atoms with Gasteiger partial charge in [-0.15, -0.1) is 21.5 Å². The number of nitrogens with one attached hydrogen (secondary N) is 1. The summed E-state index contributed by atoms with van der Waals surface area (Å²) in [6.07, 6.45) is 3.63. The minimum Gasteiger partial charge on any atom is -0.461 e. The van der Waals surface area contributed by atoms with Crippen LogP contribution in [0.3, 0.4) is 0 Å². The van der Waals surface area contributed by atoms with Gasteiger partial charge in [-0.25, -0.2) is 4.98 Å². The lowest BCUT2D eigenvalue weighted by Gasteiger charge is -2.08. The van der Waals surface area contributed by atoms with Crippen LogP contribution in [0.25, 0.3) is 17.3 Å². The van der Waals surface area contributed by atoms with Gasteiger partial charge in [-0.1, -0.05) is 43.3 Å². The zero-order chi connectivity index (χ0) is 20.8. The van der Waals surface area contributed by atoms with Gasteiger partial charge in [0, 0.05) is 17.6 Å². The van der Waals surface area contributed by atoms with E-state index in [1.165, 1.54) is 23.1 Å². The molecule has 7 nitrogen and oxygen atoms in total. The summed E-state index contributed by atoms with van der Waals surface area (Å²) in [7, 11) is 0. The molecule has 3 heterocycles. The number of para-hydroxylation sites is 1. The molecule has 4 rings (SSSR count). The summed E-state index contributed by atoms with van der Waals surface area (Å²) in [6, 6.07) is 13.6. The van der Waals surface area contributed by atoms with Crippen LogP contribution in [-0.2, 0) is 5.75 Å². The molecule has 3 aromatic heterocycles. The van der Waals surface area contributed by atoms with E-state index in [0.29, 0.717) is 29.6 Å². The summed E-state index contributed by atoms with van der Waals surface area (Å²) in [5.74, 6) is 1.77. The number of amides is 1. The Morgan fingerprint density at radius 1 is 1.20 bits per heavy atom. The Bertz CT molecular complexity index is 1090. The molecule has 0 aliphatic carbocycles. The van der Waals surface area contributed by atoms with Gasteiger partial charge in [-0.3, -0.25) is 9.36 Å². The molecule has 1 aromatic carbocycles. The lowest BCUT2D eigenvalue weighted by Crippen LogP contribution is -2.24. The van der Waals surface area contributed by atoms with Gasteiger partial charge in [-0.2, -0.15) is 0 Å². The highest BCUT2D eigenvalue weighted by Crippen LogP contribution is 2.30. The molecular weight excluding hydrogens is 418 g/mol. The molecule has 154 valence electrons. The average molecular weight is 440 g/mol. The maximum Gasteiger partial charge on any atom is 0.270 e. The number of hydrogen-bond donors (Lipinski definition) is 1. The van der Waals surface area contributed by atoms with Crippen molar-refractivity contribution >= 4 is 29.0 Å². The van der Waals surface area contributed by atoms with E-state index in [4.69, 9.17) is 4.42 Å². The minimum atomic E-state index is -0.122. The maximum absolute atomic E-state index is 12.2. The van der Waals surface area contributed by atoms with Crippen LogP contribution in [0.15, 0.2) is 63.7 Å². The van der Waals surface area contributed by atoms with E-state index in [0.717, 1.165) is 28.7 Å². The molecule has 0 atom stereocenters. The highest BCUT2D eigenvalue weighted by Gasteiger charge is 2.19. The second-order valence-corrected chi connectivity index (χ2v) is 8.36. The number of benzene rings is 1. The quantitative estimate of drug-likeness (QED) is 0.298. The summed E-state index contributed by atoms with van der Waals surface area (Å²) in [6.45, 7) is 2.77. The Balaban J connectivity index is 1.51. The number of rotatable bonds is 9. The van der Waals surface area contributed by atoms with Crippen LogP contribution in [0.4, 0.5) is 0 Å². The van der Waals surface area contributed by atoms with Gasteiger partial charge in [-0.05, 0) is 30.7 Å². The van der Waals surface area contributed by atoms with Gasteiger partial charge in [0.1, 0.15) is 10.7 Å². The predicted octanol–water partition coefficient (Wildman–Crippen LogP) is 4.81. The molecule has 9 heteroatoms. The molecule has 1 N–H and O–H groups in total. The van der Waals surface area contributed by atoms with E-state index >= 15 is 0 Å². The first-order chi connectivity index (χ1) is 14.8. The second-order valence-electron chi connectivity index (χ2n) is 6.48. The third-order valence-corrected chi connectivity index (χ3v) is 6.29. The van der Waals surface area contributed by atoms with Crippen molar-refractivity contribution in [3.05, 3.63) is 64.8 Å². The van der Waals surface area contributed by atoms with E-state index in [9.17, 15) is 4.79 Å². The van der Waals surface area contributed by atoms with Crippen LogP contribution in [0.5, 0.6) is 0 Å². The Morgan fingerprint density at radius 3 is 2.83 bits per heavy atom. The predicted molar refractivity (Wildman–Crippen MR) is 118 cm³/mol. The molecule has 0 fully saturated rings. The summed E-state index contributed by atoms with van der Waals surface area (Å²) in [4.78, 5) is 16.6. The normalized spacial score (nSPS) is 11.0. The fraction of sp³-hybridized carbons (Fsp3) is 0.238. The first kappa shape index (κ1) is 20.4. The van der Waals surface area contributed by atoms with Crippen LogP contribution in [-0.4, -0.2) is 32.2 Å². The molecule has 0 saturated carbocycles. The van der Waals surface area contributed by atoms with Crippen molar-refractivity contribution in [2.24, 2.45) is 0 Å². The standard InChI is InChI=1S/C21H21N5O2S2/c1-2-3-11-22-20(27)16-13-29-18(23-16)14-30-21-25-24-19(17-10-7-12-28-17)26(21)15-8-5-4-6-9-15/h4-10,12-13H,2-3,11,14H2,1H3,(H,22,27). The molecule has 0 bridgehead atoms. The smallest absolute Gasteiger partial charge is 0.270 e. The van der Waals surface area contributed by atoms with Crippen molar-refractivity contribution in [2.75, 3.05) is 6.54 Å². The van der Waals surface area contributed by atoms with Gasteiger partial charge in [0.15, 0.2) is 10.9 Å². The largest absolute Gasteiger partial charge is 0.461 e. The molecule has 0 unspecified atom stereocenters. The van der Waals surface area contributed by atoms with Crippen molar-refractivity contribution in [2.45, 2.75) is 30.7 Å². The van der Waals surface area contributed by atoms with Crippen LogP contribution >= 0.6 is 23.1 Å². The fourth-order valence-electron chi connectivity index (χ4n) is 2.82. The molecule has 30 heavy (non-hydrogen) atoms. The van der Waals surface area contributed by atoms with E-state index in [2.05, 4.69) is 27.4 Å². The first-order valence-corrected chi connectivity index (χ1v) is 11.5. The van der Waals surface area contributed by atoms with Gasteiger partial charge in [0.05, 0.1) is 12.0 Å². The zero-order valence-electron chi connectivity index (χ0n) is 16.4. The fourth-order valence-corrected chi connectivity index (χ4v) is 4.56. The molecular formula is C21H21N5O2S2. The third kappa shape index (κ3) is 4.63. The number of furan rings is 1. The molecule has 0 radical (unpaired) electrons. The van der Waals surface area contributed by atoms with E-state index in [1.54, 1.807) is 11.6 Å². The number of hydrogen-bond acceptors (Lipinski definition) is 7. The summed E-state index contributed by atoms with van der Waals surface area (Å²) in [5, 5.41) is 15.0. The number of nitrogens with zero attached hydrogens (tertiary/aromatic N) is 4. The molecule has 4 aromatic rings. The Hall–Kier alpha value is -2.91. The van der Waals surface area contributed by atoms with Crippen molar-refractivity contribution in [1.29, 1.82) is 0 Å². The van der Waals surface area contributed by atoms with Crippen molar-refractivity contribution in [1.82, 2.24) is 25.1 Å². The van der Waals surface area contributed by atoms with Crippen LogP contribution < -0.4 is 5.32 Å². The van der Waals surface area contributed by atoms with Crippen LogP contribution in [0.2, 0.25) is 0 Å². The van der Waals surface area contributed by atoms with E-state index in [1.807, 2.05) is 47.0 Å². The van der Waals surface area contributed by atoms with E-state index in [-0.39, 0.29) is 5.91 Å². The number of unbranched alkanes of at least 4 members (excludes halogenated alkanes) is 1. The molecule has 0 saturated heterocycles. The number of thiazole rings is 1. The number of thioether (sulfide) groups is 1. The Kier molecular flexibility index (Phi) is 6.60. The average Bonchev–Trinajstić information content (AvgIpc) is 3.53. The minimum absolute atomic E-state index is 0.122. The van der Waals surface area contributed by atoms with Crippen molar-refractivity contribution in [3.8, 4) is 17.3 Å². The number of carbonyl (C=O) groups excluding carboxylic acids is 1. The van der Waals surface area contributed by atoms with E-state index < -0.39 is 0 Å². The van der Waals surface area contributed by atoms with Gasteiger partial charge in [0.25, 0.3) is 5.91 Å². The van der Waals surface area contributed by atoms with Crippen LogP contribution in [0, 0.1) is 0 Å². The SMILES string of the molecule is CCCCNC(=O)c1csc(CSc2nnc(-c3ccco3)n2-c2ccccc2)n1. The lowest BCUT2D eigenvalue weighted by atomic mass is 10.3. The Labute approximate surface area is 182 Å². The van der Waals surface area contributed by atoms with Gasteiger partial charge in [0.2, 0.25) is 5.82 Å².